The molecule has 0 aromatic heterocycles. The first-order valence-corrected chi connectivity index (χ1v) is 11.2. The molecule has 3 aromatic carbocycles. The maximum atomic E-state index is 12.6. The Labute approximate surface area is 202 Å². The van der Waals surface area contributed by atoms with Gasteiger partial charge < -0.3 is 10.1 Å². The van der Waals surface area contributed by atoms with Gasteiger partial charge >= 0.3 is 0 Å². The third kappa shape index (κ3) is 6.20. The number of anilines is 1. The van der Waals surface area contributed by atoms with Crippen molar-refractivity contribution >= 4 is 61.1 Å². The maximum absolute atomic E-state index is 12.6. The van der Waals surface area contributed by atoms with Gasteiger partial charge in [0.2, 0.25) is 0 Å². The number of amides is 1. The molecule has 0 radical (unpaired) electrons. The standard InChI is InChI=1S/C24H17Br2ClN2O2/c1-15-4-2-3-5-22(15)29-24(30)18(13-28)10-17-11-20(25)23(21(26)12-17)31-14-16-6-8-19(27)9-7-16/h2-12H,14H2,1H3,(H,29,30)/b18-10-. The van der Waals surface area contributed by atoms with Gasteiger partial charge in [0, 0.05) is 10.7 Å². The Hall–Kier alpha value is -2.59. The number of aryl methyl sites for hydroxylation is 1. The minimum atomic E-state index is -0.466. The molecule has 7 heteroatoms. The minimum Gasteiger partial charge on any atom is -0.487 e. The topological polar surface area (TPSA) is 62.1 Å². The van der Waals surface area contributed by atoms with Crippen molar-refractivity contribution in [2.24, 2.45) is 0 Å². The molecular weight excluding hydrogens is 544 g/mol. The summed E-state index contributed by atoms with van der Waals surface area (Å²) in [7, 11) is 0. The average molecular weight is 561 g/mol. The normalized spacial score (nSPS) is 11.0. The van der Waals surface area contributed by atoms with Crippen molar-refractivity contribution in [3.05, 3.63) is 96.9 Å². The molecule has 1 amide bonds. The first-order chi connectivity index (χ1) is 14.9. The van der Waals surface area contributed by atoms with Gasteiger partial charge in [-0.25, -0.2) is 0 Å². The largest absolute Gasteiger partial charge is 0.487 e. The molecule has 3 rings (SSSR count). The second-order valence-electron chi connectivity index (χ2n) is 6.67. The van der Waals surface area contributed by atoms with Crippen LogP contribution in [0.3, 0.4) is 0 Å². The summed E-state index contributed by atoms with van der Waals surface area (Å²) in [5.41, 5.74) is 3.24. The van der Waals surface area contributed by atoms with E-state index in [1.165, 1.54) is 6.08 Å². The van der Waals surface area contributed by atoms with E-state index in [1.807, 2.05) is 55.5 Å². The summed E-state index contributed by atoms with van der Waals surface area (Å²) in [5, 5.41) is 12.9. The Bertz CT molecular complexity index is 1160. The highest BCUT2D eigenvalue weighted by atomic mass is 79.9. The molecule has 0 aliphatic rings. The molecule has 156 valence electrons. The van der Waals surface area contributed by atoms with Crippen molar-refractivity contribution in [2.75, 3.05) is 5.32 Å². The minimum absolute atomic E-state index is 0.00288. The molecule has 0 atom stereocenters. The number of rotatable bonds is 6. The second kappa shape index (κ2) is 10.6. The molecule has 0 saturated heterocycles. The van der Waals surface area contributed by atoms with Crippen LogP contribution in [-0.4, -0.2) is 5.91 Å². The van der Waals surface area contributed by atoms with Gasteiger partial charge in [-0.05, 0) is 91.9 Å². The zero-order valence-corrected chi connectivity index (χ0v) is 20.4. The number of nitriles is 1. The molecule has 31 heavy (non-hydrogen) atoms. The maximum Gasteiger partial charge on any atom is 0.266 e. The third-order valence-corrected chi connectivity index (χ3v) is 5.82. The lowest BCUT2D eigenvalue weighted by Crippen LogP contribution is -2.14. The highest BCUT2D eigenvalue weighted by Gasteiger charge is 2.13. The van der Waals surface area contributed by atoms with Crippen LogP contribution < -0.4 is 10.1 Å². The lowest BCUT2D eigenvalue weighted by Gasteiger charge is -2.12. The van der Waals surface area contributed by atoms with Crippen LogP contribution in [0.5, 0.6) is 5.75 Å². The van der Waals surface area contributed by atoms with Crippen molar-refractivity contribution in [1.29, 1.82) is 5.26 Å². The summed E-state index contributed by atoms with van der Waals surface area (Å²) in [4.78, 5) is 12.6. The van der Waals surface area contributed by atoms with Crippen LogP contribution in [0.4, 0.5) is 5.69 Å². The van der Waals surface area contributed by atoms with Gasteiger partial charge in [0.15, 0.2) is 0 Å². The highest BCUT2D eigenvalue weighted by molar-refractivity contribution is 9.11. The fraction of sp³-hybridized carbons (Fsp3) is 0.0833. The fourth-order valence-corrected chi connectivity index (χ4v) is 4.33. The van der Waals surface area contributed by atoms with Gasteiger partial charge in [-0.1, -0.05) is 41.9 Å². The van der Waals surface area contributed by atoms with E-state index in [0.717, 1.165) is 11.1 Å². The number of benzene rings is 3. The number of hydrogen-bond donors (Lipinski definition) is 1. The lowest BCUT2D eigenvalue weighted by molar-refractivity contribution is -0.112. The van der Waals surface area contributed by atoms with E-state index in [2.05, 4.69) is 37.2 Å². The lowest BCUT2D eigenvalue weighted by atomic mass is 10.1. The van der Waals surface area contributed by atoms with Crippen molar-refractivity contribution in [3.8, 4) is 11.8 Å². The predicted octanol–water partition coefficient (Wildman–Crippen LogP) is 7.30. The molecule has 1 N–H and O–H groups in total. The van der Waals surface area contributed by atoms with E-state index in [9.17, 15) is 10.1 Å². The summed E-state index contributed by atoms with van der Waals surface area (Å²) in [6, 6.07) is 20.4. The molecule has 0 aliphatic carbocycles. The molecule has 0 heterocycles. The molecule has 0 saturated carbocycles. The smallest absolute Gasteiger partial charge is 0.266 e. The zero-order valence-electron chi connectivity index (χ0n) is 16.5. The van der Waals surface area contributed by atoms with Crippen molar-refractivity contribution in [2.45, 2.75) is 13.5 Å². The van der Waals surface area contributed by atoms with E-state index in [1.54, 1.807) is 18.2 Å². The number of ether oxygens (including phenoxy) is 1. The number of carbonyl (C=O) groups is 1. The zero-order chi connectivity index (χ0) is 22.4. The molecule has 0 bridgehead atoms. The quantitative estimate of drug-likeness (QED) is 0.254. The van der Waals surface area contributed by atoms with E-state index in [4.69, 9.17) is 16.3 Å². The van der Waals surface area contributed by atoms with Gasteiger partial charge in [-0.3, -0.25) is 4.79 Å². The first kappa shape index (κ1) is 23.1. The molecule has 0 spiro atoms. The first-order valence-electron chi connectivity index (χ1n) is 9.22. The number of para-hydroxylation sites is 1. The van der Waals surface area contributed by atoms with E-state index < -0.39 is 5.91 Å². The van der Waals surface area contributed by atoms with Crippen LogP contribution in [0, 0.1) is 18.3 Å². The molecule has 0 fully saturated rings. The molecule has 4 nitrogen and oxygen atoms in total. The fourth-order valence-electron chi connectivity index (χ4n) is 2.75. The van der Waals surface area contributed by atoms with E-state index in [0.29, 0.717) is 37.6 Å². The van der Waals surface area contributed by atoms with Gasteiger partial charge in [0.1, 0.15) is 24.0 Å². The Morgan fingerprint density at radius 1 is 1.13 bits per heavy atom. The van der Waals surface area contributed by atoms with Crippen molar-refractivity contribution in [3.63, 3.8) is 0 Å². The van der Waals surface area contributed by atoms with Crippen LogP contribution in [0.15, 0.2) is 75.2 Å². The second-order valence-corrected chi connectivity index (χ2v) is 8.81. The van der Waals surface area contributed by atoms with Gasteiger partial charge in [0.05, 0.1) is 8.95 Å². The number of hydrogen-bond acceptors (Lipinski definition) is 3. The average Bonchev–Trinajstić information content (AvgIpc) is 2.74. The van der Waals surface area contributed by atoms with E-state index in [-0.39, 0.29) is 5.57 Å². The van der Waals surface area contributed by atoms with Crippen LogP contribution in [-0.2, 0) is 11.4 Å². The molecule has 3 aromatic rings. The molecular formula is C24H17Br2ClN2O2. The van der Waals surface area contributed by atoms with E-state index >= 15 is 0 Å². The Morgan fingerprint density at radius 3 is 2.39 bits per heavy atom. The van der Waals surface area contributed by atoms with Crippen molar-refractivity contribution in [1.82, 2.24) is 0 Å². The molecule has 0 unspecified atom stereocenters. The monoisotopic (exact) mass is 558 g/mol. The number of carbonyl (C=O) groups excluding carboxylic acids is 1. The third-order valence-electron chi connectivity index (χ3n) is 4.39. The Kier molecular flexibility index (Phi) is 7.91. The Balaban J connectivity index is 1.78. The van der Waals surface area contributed by atoms with Crippen LogP contribution >= 0.6 is 43.5 Å². The van der Waals surface area contributed by atoms with Crippen LogP contribution in [0.1, 0.15) is 16.7 Å². The number of nitrogens with zero attached hydrogens (tertiary/aromatic N) is 1. The van der Waals surface area contributed by atoms with Crippen LogP contribution in [0.2, 0.25) is 5.02 Å². The highest BCUT2D eigenvalue weighted by Crippen LogP contribution is 2.36. The van der Waals surface area contributed by atoms with Crippen LogP contribution in [0.25, 0.3) is 6.08 Å². The summed E-state index contributed by atoms with van der Waals surface area (Å²) < 4.78 is 7.30. The van der Waals surface area contributed by atoms with Crippen molar-refractivity contribution < 1.29 is 9.53 Å². The summed E-state index contributed by atoms with van der Waals surface area (Å²) in [6.07, 6.45) is 1.53. The summed E-state index contributed by atoms with van der Waals surface area (Å²) in [6.45, 7) is 2.26. The number of halogens is 3. The summed E-state index contributed by atoms with van der Waals surface area (Å²) in [5.74, 6) is 0.155. The van der Waals surface area contributed by atoms with Gasteiger partial charge in [-0.2, -0.15) is 5.26 Å². The number of nitrogens with one attached hydrogen (secondary N) is 1. The SMILES string of the molecule is Cc1ccccc1NC(=O)/C(C#N)=C\c1cc(Br)c(OCc2ccc(Cl)cc2)c(Br)c1. The molecule has 0 aliphatic heterocycles. The van der Waals surface area contributed by atoms with Gasteiger partial charge in [0.25, 0.3) is 5.91 Å². The Morgan fingerprint density at radius 2 is 1.77 bits per heavy atom. The van der Waals surface area contributed by atoms with Gasteiger partial charge in [-0.15, -0.1) is 0 Å². The predicted molar refractivity (Wildman–Crippen MR) is 131 cm³/mol. The summed E-state index contributed by atoms with van der Waals surface area (Å²) >= 11 is 12.9.